The number of ether oxygens (including phenoxy) is 1. The first kappa shape index (κ1) is 12.6. The third-order valence-corrected chi connectivity index (χ3v) is 2.74. The van der Waals surface area contributed by atoms with Crippen molar-refractivity contribution in [3.05, 3.63) is 6.07 Å². The van der Waals surface area contributed by atoms with E-state index in [1.54, 1.807) is 13.0 Å². The van der Waals surface area contributed by atoms with Gasteiger partial charge in [0.2, 0.25) is 5.88 Å². The first-order valence-corrected chi connectivity index (χ1v) is 6.00. The van der Waals surface area contributed by atoms with Crippen LogP contribution in [0.25, 0.3) is 0 Å². The molecule has 1 aromatic rings. The molecule has 3 N–H and O–H groups in total. The number of nitrogens with zero attached hydrogens (tertiary/aromatic N) is 3. The monoisotopic (exact) mass is 251 g/mol. The Balaban J connectivity index is 2.17. The molecule has 0 radical (unpaired) electrons. The summed E-state index contributed by atoms with van der Waals surface area (Å²) in [5.41, 5.74) is 6.58. The van der Waals surface area contributed by atoms with Crippen molar-refractivity contribution < 1.29 is 9.53 Å². The number of piperazine rings is 1. The fourth-order valence-corrected chi connectivity index (χ4v) is 1.77. The van der Waals surface area contributed by atoms with Crippen LogP contribution in [0, 0.1) is 0 Å². The highest BCUT2D eigenvalue weighted by Crippen LogP contribution is 2.24. The summed E-state index contributed by atoms with van der Waals surface area (Å²) < 4.78 is 5.04. The second-order valence-corrected chi connectivity index (χ2v) is 4.02. The van der Waals surface area contributed by atoms with Crippen LogP contribution in [-0.2, 0) is 4.79 Å². The number of carbonyl (C=O) groups excluding carboxylic acids is 1. The third kappa shape index (κ3) is 2.86. The van der Waals surface area contributed by atoms with Crippen LogP contribution in [0.1, 0.15) is 13.3 Å². The third-order valence-electron chi connectivity index (χ3n) is 2.74. The van der Waals surface area contributed by atoms with Gasteiger partial charge in [0.25, 0.3) is 0 Å². The molecule has 2 rings (SSSR count). The lowest BCUT2D eigenvalue weighted by Crippen LogP contribution is -2.43. The Bertz CT molecular complexity index is 431. The topological polar surface area (TPSA) is 93.4 Å². The van der Waals surface area contributed by atoms with Crippen molar-refractivity contribution in [1.29, 1.82) is 0 Å². The molecule has 18 heavy (non-hydrogen) atoms. The van der Waals surface area contributed by atoms with Gasteiger partial charge in [-0.3, -0.25) is 4.79 Å². The Morgan fingerprint density at radius 2 is 2.22 bits per heavy atom. The molecule has 7 heteroatoms. The van der Waals surface area contributed by atoms with E-state index in [0.717, 1.165) is 31.9 Å². The minimum atomic E-state index is -0.333. The number of nitrogens with two attached hydrogens (primary N) is 1. The van der Waals surface area contributed by atoms with Crippen molar-refractivity contribution in [2.45, 2.75) is 13.3 Å². The zero-order chi connectivity index (χ0) is 13.0. The number of aromatic nitrogens is 2. The van der Waals surface area contributed by atoms with E-state index in [1.165, 1.54) is 0 Å². The van der Waals surface area contributed by atoms with Gasteiger partial charge in [-0.2, -0.15) is 0 Å². The lowest BCUT2D eigenvalue weighted by Gasteiger charge is -2.29. The van der Waals surface area contributed by atoms with Gasteiger partial charge in [0.15, 0.2) is 5.82 Å². The van der Waals surface area contributed by atoms with Crippen molar-refractivity contribution in [3.63, 3.8) is 0 Å². The molecule has 0 spiro atoms. The number of rotatable bonds is 3. The number of anilines is 2. The lowest BCUT2D eigenvalue weighted by molar-refractivity contribution is -0.134. The van der Waals surface area contributed by atoms with E-state index in [-0.39, 0.29) is 11.8 Å². The standard InChI is InChI=1S/C11H17N5O2/c1-2-10(17)18-9-7-8(11(12)15-14-9)16-5-3-13-4-6-16/h7,13H,2-6H2,1H3,(H2,12,15). The van der Waals surface area contributed by atoms with Gasteiger partial charge in [0.1, 0.15) is 0 Å². The quantitative estimate of drug-likeness (QED) is 0.717. The van der Waals surface area contributed by atoms with Crippen LogP contribution in [-0.4, -0.2) is 42.3 Å². The zero-order valence-electron chi connectivity index (χ0n) is 10.3. The molecule has 1 aliphatic rings. The molecule has 1 aromatic heterocycles. The summed E-state index contributed by atoms with van der Waals surface area (Å²) >= 11 is 0. The van der Waals surface area contributed by atoms with E-state index in [2.05, 4.69) is 20.4 Å². The Morgan fingerprint density at radius 1 is 1.50 bits per heavy atom. The number of nitrogen functional groups attached to an aromatic ring is 1. The van der Waals surface area contributed by atoms with Gasteiger partial charge >= 0.3 is 5.97 Å². The summed E-state index contributed by atoms with van der Waals surface area (Å²) in [6.07, 6.45) is 0.301. The van der Waals surface area contributed by atoms with E-state index in [9.17, 15) is 4.79 Å². The van der Waals surface area contributed by atoms with Crippen LogP contribution < -0.4 is 20.7 Å². The van der Waals surface area contributed by atoms with E-state index in [1.807, 2.05) is 0 Å². The second kappa shape index (κ2) is 5.63. The van der Waals surface area contributed by atoms with Crippen molar-refractivity contribution >= 4 is 17.5 Å². The molecular formula is C11H17N5O2. The molecule has 0 atom stereocenters. The van der Waals surface area contributed by atoms with Crippen LogP contribution >= 0.6 is 0 Å². The molecule has 1 fully saturated rings. The van der Waals surface area contributed by atoms with Crippen molar-refractivity contribution in [2.24, 2.45) is 0 Å². The van der Waals surface area contributed by atoms with Gasteiger partial charge in [0, 0.05) is 38.7 Å². The number of nitrogens with one attached hydrogen (secondary N) is 1. The summed E-state index contributed by atoms with van der Waals surface area (Å²) in [6.45, 7) is 5.20. The zero-order valence-corrected chi connectivity index (χ0v) is 10.3. The molecule has 2 heterocycles. The van der Waals surface area contributed by atoms with E-state index < -0.39 is 0 Å². The largest absolute Gasteiger partial charge is 0.406 e. The maximum atomic E-state index is 11.2. The summed E-state index contributed by atoms with van der Waals surface area (Å²) in [5.74, 6) is 0.220. The smallest absolute Gasteiger partial charge is 0.312 e. The van der Waals surface area contributed by atoms with Gasteiger partial charge in [-0.15, -0.1) is 10.2 Å². The van der Waals surface area contributed by atoms with Gasteiger partial charge < -0.3 is 20.7 Å². The predicted molar refractivity (Wildman–Crippen MR) is 67.5 cm³/mol. The number of hydrogen-bond donors (Lipinski definition) is 2. The number of esters is 1. The predicted octanol–water partition coefficient (Wildman–Crippen LogP) is -0.216. The van der Waals surface area contributed by atoms with Crippen molar-refractivity contribution in [3.8, 4) is 5.88 Å². The molecule has 0 saturated carbocycles. The molecular weight excluding hydrogens is 234 g/mol. The molecule has 0 amide bonds. The van der Waals surface area contributed by atoms with Gasteiger partial charge in [-0.1, -0.05) is 6.92 Å². The van der Waals surface area contributed by atoms with Gasteiger partial charge in [-0.25, -0.2) is 0 Å². The number of hydrogen-bond acceptors (Lipinski definition) is 7. The molecule has 0 bridgehead atoms. The molecule has 0 unspecified atom stereocenters. The van der Waals surface area contributed by atoms with Gasteiger partial charge in [0.05, 0.1) is 5.69 Å². The molecule has 98 valence electrons. The van der Waals surface area contributed by atoms with Crippen LogP contribution in [0.5, 0.6) is 5.88 Å². The maximum absolute atomic E-state index is 11.2. The first-order chi connectivity index (χ1) is 8.70. The van der Waals surface area contributed by atoms with Crippen molar-refractivity contribution in [2.75, 3.05) is 36.8 Å². The Labute approximate surface area is 105 Å². The Morgan fingerprint density at radius 3 is 2.89 bits per heavy atom. The highest BCUT2D eigenvalue weighted by atomic mass is 16.5. The maximum Gasteiger partial charge on any atom is 0.312 e. The minimum absolute atomic E-state index is 0.199. The fourth-order valence-electron chi connectivity index (χ4n) is 1.77. The summed E-state index contributed by atoms with van der Waals surface area (Å²) in [5, 5.41) is 10.8. The van der Waals surface area contributed by atoms with Crippen molar-refractivity contribution in [1.82, 2.24) is 15.5 Å². The SMILES string of the molecule is CCC(=O)Oc1cc(N2CCNCC2)c(N)nn1. The highest BCUT2D eigenvalue weighted by Gasteiger charge is 2.16. The molecule has 0 aromatic carbocycles. The average molecular weight is 251 g/mol. The van der Waals surface area contributed by atoms with Crippen LogP contribution in [0.4, 0.5) is 11.5 Å². The molecule has 1 saturated heterocycles. The average Bonchev–Trinajstić information content (AvgIpc) is 2.42. The Kier molecular flexibility index (Phi) is 3.93. The Hall–Kier alpha value is -1.89. The summed E-state index contributed by atoms with van der Waals surface area (Å²) in [7, 11) is 0. The summed E-state index contributed by atoms with van der Waals surface area (Å²) in [6, 6.07) is 1.67. The molecule has 1 aliphatic heterocycles. The molecule has 7 nitrogen and oxygen atoms in total. The highest BCUT2D eigenvalue weighted by molar-refractivity contribution is 5.72. The fraction of sp³-hybridized carbons (Fsp3) is 0.545. The van der Waals surface area contributed by atoms with E-state index in [0.29, 0.717) is 12.2 Å². The summed E-state index contributed by atoms with van der Waals surface area (Å²) in [4.78, 5) is 13.3. The molecule has 0 aliphatic carbocycles. The minimum Gasteiger partial charge on any atom is -0.406 e. The van der Waals surface area contributed by atoms with E-state index in [4.69, 9.17) is 10.5 Å². The lowest BCUT2D eigenvalue weighted by atomic mass is 10.3. The first-order valence-electron chi connectivity index (χ1n) is 6.00. The second-order valence-electron chi connectivity index (χ2n) is 4.02. The number of carbonyl (C=O) groups is 1. The van der Waals surface area contributed by atoms with Gasteiger partial charge in [-0.05, 0) is 0 Å². The van der Waals surface area contributed by atoms with Crippen LogP contribution in [0.2, 0.25) is 0 Å². The van der Waals surface area contributed by atoms with Crippen LogP contribution in [0.15, 0.2) is 6.07 Å². The van der Waals surface area contributed by atoms with Crippen LogP contribution in [0.3, 0.4) is 0 Å². The van der Waals surface area contributed by atoms with E-state index >= 15 is 0 Å². The normalized spacial score (nSPS) is 15.5.